The summed E-state index contributed by atoms with van der Waals surface area (Å²) < 4.78 is 0. The Morgan fingerprint density at radius 3 is 2.80 bits per heavy atom. The summed E-state index contributed by atoms with van der Waals surface area (Å²) in [5.41, 5.74) is 6.56. The van der Waals surface area contributed by atoms with E-state index in [1.807, 2.05) is 12.1 Å². The van der Waals surface area contributed by atoms with Gasteiger partial charge in [-0.05, 0) is 31.4 Å². The molecule has 0 aliphatic carbocycles. The van der Waals surface area contributed by atoms with Crippen molar-refractivity contribution >= 4 is 11.7 Å². The van der Waals surface area contributed by atoms with Gasteiger partial charge in [-0.3, -0.25) is 0 Å². The Bertz CT molecular complexity index is 427. The van der Waals surface area contributed by atoms with Gasteiger partial charge in [0.2, 0.25) is 0 Å². The quantitative estimate of drug-likeness (QED) is 0.352. The lowest BCUT2D eigenvalue weighted by atomic mass is 10.1. The highest BCUT2D eigenvalue weighted by atomic mass is 16.6. The van der Waals surface area contributed by atoms with Gasteiger partial charge in [0.1, 0.15) is 12.4 Å². The number of nitrogens with zero attached hydrogens (tertiary/aromatic N) is 3. The van der Waals surface area contributed by atoms with Gasteiger partial charge >= 0.3 is 0 Å². The van der Waals surface area contributed by atoms with E-state index in [0.717, 1.165) is 24.5 Å². The number of pyridine rings is 1. The molecule has 110 valence electrons. The highest BCUT2D eigenvalue weighted by Crippen LogP contribution is 2.17. The zero-order valence-electron chi connectivity index (χ0n) is 11.7. The van der Waals surface area contributed by atoms with E-state index in [0.29, 0.717) is 18.9 Å². The molecule has 1 aliphatic heterocycles. The van der Waals surface area contributed by atoms with E-state index in [1.54, 1.807) is 6.20 Å². The predicted molar refractivity (Wildman–Crippen MR) is 78.7 cm³/mol. The second-order valence-corrected chi connectivity index (χ2v) is 4.84. The Kier molecular flexibility index (Phi) is 5.61. The molecule has 1 aromatic heterocycles. The van der Waals surface area contributed by atoms with Crippen LogP contribution in [0.5, 0.6) is 0 Å². The highest BCUT2D eigenvalue weighted by molar-refractivity contribution is 5.96. The standard InChI is InChI=1S/C14H22N4O2/c15-14(17-20-10-4-9-19)12-5-6-13(16-11-12)18-7-2-1-3-8-18/h5-6,11,19H,1-4,7-10H2,(H2,15,17). The second kappa shape index (κ2) is 7.69. The van der Waals surface area contributed by atoms with Crippen molar-refractivity contribution in [3.8, 4) is 0 Å². The molecule has 1 aromatic rings. The maximum atomic E-state index is 8.63. The van der Waals surface area contributed by atoms with E-state index in [-0.39, 0.29) is 6.61 Å². The average molecular weight is 278 g/mol. The molecule has 0 bridgehead atoms. The number of hydrogen-bond acceptors (Lipinski definition) is 5. The van der Waals surface area contributed by atoms with Crippen LogP contribution >= 0.6 is 0 Å². The Hall–Kier alpha value is -1.82. The molecule has 0 unspecified atom stereocenters. The lowest BCUT2D eigenvalue weighted by molar-refractivity contribution is 0.124. The summed E-state index contributed by atoms with van der Waals surface area (Å²) in [7, 11) is 0. The van der Waals surface area contributed by atoms with Crippen molar-refractivity contribution in [1.82, 2.24) is 4.98 Å². The third kappa shape index (κ3) is 4.09. The molecule has 2 heterocycles. The van der Waals surface area contributed by atoms with Gasteiger partial charge in [-0.15, -0.1) is 0 Å². The lowest BCUT2D eigenvalue weighted by Crippen LogP contribution is -2.30. The first-order valence-corrected chi connectivity index (χ1v) is 7.09. The molecule has 20 heavy (non-hydrogen) atoms. The van der Waals surface area contributed by atoms with E-state index in [4.69, 9.17) is 15.7 Å². The highest BCUT2D eigenvalue weighted by Gasteiger charge is 2.12. The van der Waals surface area contributed by atoms with Gasteiger partial charge in [0.25, 0.3) is 0 Å². The van der Waals surface area contributed by atoms with E-state index in [2.05, 4.69) is 15.0 Å². The Morgan fingerprint density at radius 2 is 2.15 bits per heavy atom. The van der Waals surface area contributed by atoms with Crippen molar-refractivity contribution in [2.24, 2.45) is 10.9 Å². The van der Waals surface area contributed by atoms with Gasteiger partial charge in [0.05, 0.1) is 0 Å². The first-order valence-electron chi connectivity index (χ1n) is 7.09. The molecule has 0 spiro atoms. The maximum absolute atomic E-state index is 8.63. The number of rotatable bonds is 6. The molecule has 1 aliphatic rings. The summed E-state index contributed by atoms with van der Waals surface area (Å²) in [5.74, 6) is 1.29. The van der Waals surface area contributed by atoms with Crippen LogP contribution in [0.2, 0.25) is 0 Å². The summed E-state index contributed by atoms with van der Waals surface area (Å²) in [6.07, 6.45) is 6.03. The van der Waals surface area contributed by atoms with Crippen molar-refractivity contribution in [1.29, 1.82) is 0 Å². The van der Waals surface area contributed by atoms with E-state index in [9.17, 15) is 0 Å². The van der Waals surface area contributed by atoms with Crippen molar-refractivity contribution in [2.75, 3.05) is 31.2 Å². The normalized spacial score (nSPS) is 16.2. The van der Waals surface area contributed by atoms with Crippen LogP contribution in [0.1, 0.15) is 31.2 Å². The summed E-state index contributed by atoms with van der Waals surface area (Å²) in [6.45, 7) is 2.58. The number of nitrogens with two attached hydrogens (primary N) is 1. The molecule has 0 amide bonds. The minimum Gasteiger partial charge on any atom is -0.396 e. The SMILES string of the molecule is N/C(=N/OCCCO)c1ccc(N2CCCCC2)nc1. The van der Waals surface area contributed by atoms with Crippen LogP contribution in [0.15, 0.2) is 23.5 Å². The molecule has 1 fully saturated rings. The fourth-order valence-corrected chi connectivity index (χ4v) is 2.14. The van der Waals surface area contributed by atoms with Gasteiger partial charge in [0.15, 0.2) is 5.84 Å². The Morgan fingerprint density at radius 1 is 1.35 bits per heavy atom. The molecule has 0 aromatic carbocycles. The number of oxime groups is 1. The minimum absolute atomic E-state index is 0.0848. The largest absolute Gasteiger partial charge is 0.396 e. The van der Waals surface area contributed by atoms with Crippen molar-refractivity contribution < 1.29 is 9.94 Å². The van der Waals surface area contributed by atoms with E-state index in [1.165, 1.54) is 19.3 Å². The number of aliphatic hydroxyl groups is 1. The van der Waals surface area contributed by atoms with Crippen LogP contribution in [-0.2, 0) is 4.84 Å². The molecule has 6 nitrogen and oxygen atoms in total. The fourth-order valence-electron chi connectivity index (χ4n) is 2.14. The maximum Gasteiger partial charge on any atom is 0.171 e. The van der Waals surface area contributed by atoms with Gasteiger partial charge in [-0.25, -0.2) is 4.98 Å². The number of aromatic nitrogens is 1. The molecule has 1 saturated heterocycles. The number of amidine groups is 1. The van der Waals surface area contributed by atoms with Crippen LogP contribution in [0.25, 0.3) is 0 Å². The monoisotopic (exact) mass is 278 g/mol. The molecular weight excluding hydrogens is 256 g/mol. The molecule has 6 heteroatoms. The summed E-state index contributed by atoms with van der Waals surface area (Å²) in [5, 5.41) is 12.4. The minimum atomic E-state index is 0.0848. The number of hydrogen-bond donors (Lipinski definition) is 2. The summed E-state index contributed by atoms with van der Waals surface area (Å²) in [4.78, 5) is 11.7. The first kappa shape index (κ1) is 14.6. The van der Waals surface area contributed by atoms with Crippen molar-refractivity contribution in [3.63, 3.8) is 0 Å². The van der Waals surface area contributed by atoms with E-state index < -0.39 is 0 Å². The summed E-state index contributed by atoms with van der Waals surface area (Å²) in [6, 6.07) is 3.88. The van der Waals surface area contributed by atoms with Crippen LogP contribution < -0.4 is 10.6 Å². The smallest absolute Gasteiger partial charge is 0.171 e. The summed E-state index contributed by atoms with van der Waals surface area (Å²) >= 11 is 0. The van der Waals surface area contributed by atoms with Crippen LogP contribution in [0.3, 0.4) is 0 Å². The van der Waals surface area contributed by atoms with Crippen LogP contribution in [0, 0.1) is 0 Å². The molecule has 3 N–H and O–H groups in total. The van der Waals surface area contributed by atoms with Gasteiger partial charge in [-0.1, -0.05) is 5.16 Å². The van der Waals surface area contributed by atoms with Gasteiger partial charge < -0.3 is 20.6 Å². The Labute approximate surface area is 119 Å². The zero-order chi connectivity index (χ0) is 14.2. The average Bonchev–Trinajstić information content (AvgIpc) is 2.52. The van der Waals surface area contributed by atoms with Crippen molar-refractivity contribution in [3.05, 3.63) is 23.9 Å². The van der Waals surface area contributed by atoms with Crippen LogP contribution in [-0.4, -0.2) is 42.2 Å². The molecule has 0 atom stereocenters. The molecule has 0 radical (unpaired) electrons. The Balaban J connectivity index is 1.93. The van der Waals surface area contributed by atoms with Crippen LogP contribution in [0.4, 0.5) is 5.82 Å². The van der Waals surface area contributed by atoms with E-state index >= 15 is 0 Å². The molecule has 2 rings (SSSR count). The van der Waals surface area contributed by atoms with Gasteiger partial charge in [-0.2, -0.15) is 0 Å². The third-order valence-corrected chi connectivity index (χ3v) is 3.28. The number of anilines is 1. The predicted octanol–water partition coefficient (Wildman–Crippen LogP) is 1.09. The van der Waals surface area contributed by atoms with Gasteiger partial charge in [0, 0.05) is 37.9 Å². The lowest BCUT2D eigenvalue weighted by Gasteiger charge is -2.27. The fraction of sp³-hybridized carbons (Fsp3) is 0.571. The zero-order valence-corrected chi connectivity index (χ0v) is 11.7. The number of piperidine rings is 1. The topological polar surface area (TPSA) is 84.0 Å². The third-order valence-electron chi connectivity index (χ3n) is 3.28. The second-order valence-electron chi connectivity index (χ2n) is 4.84. The number of aliphatic hydroxyl groups excluding tert-OH is 1. The first-order chi connectivity index (χ1) is 9.81. The molecule has 0 saturated carbocycles. The van der Waals surface area contributed by atoms with Crippen molar-refractivity contribution in [2.45, 2.75) is 25.7 Å². The molecular formula is C14H22N4O2.